The van der Waals surface area contributed by atoms with Crippen molar-refractivity contribution in [3.63, 3.8) is 0 Å². The van der Waals surface area contributed by atoms with Crippen LogP contribution in [0.1, 0.15) is 65.5 Å². The lowest BCUT2D eigenvalue weighted by Crippen LogP contribution is -2.39. The molecule has 2 aromatic carbocycles. The van der Waals surface area contributed by atoms with Gasteiger partial charge in [-0.25, -0.2) is 0 Å². The Bertz CT molecular complexity index is 947. The number of hydrogen-bond donors (Lipinski definition) is 0. The molecule has 0 saturated carbocycles. The molecule has 2 aromatic rings. The van der Waals surface area contributed by atoms with Gasteiger partial charge in [0.05, 0.1) is 26.2 Å². The van der Waals surface area contributed by atoms with Crippen LogP contribution in [-0.4, -0.2) is 55.7 Å². The third-order valence-electron chi connectivity index (χ3n) is 6.29. The van der Waals surface area contributed by atoms with E-state index in [0.717, 1.165) is 61.8 Å². The van der Waals surface area contributed by atoms with Gasteiger partial charge in [0.2, 0.25) is 5.91 Å². The predicted octanol–water partition coefficient (Wildman–Crippen LogP) is 6.42. The van der Waals surface area contributed by atoms with Crippen molar-refractivity contribution < 1.29 is 19.0 Å². The molecular weight excluding hydrogens is 464 g/mol. The first-order valence-electron chi connectivity index (χ1n) is 14.0. The second-order valence-electron chi connectivity index (χ2n) is 9.48. The van der Waals surface area contributed by atoms with Crippen LogP contribution in [0.15, 0.2) is 42.5 Å². The number of likely N-dealkylation sites (tertiary alicyclic amines) is 1. The number of methoxy groups -OCH3 is 1. The summed E-state index contributed by atoms with van der Waals surface area (Å²) in [4.78, 5) is 18.0. The van der Waals surface area contributed by atoms with Gasteiger partial charge in [-0.1, -0.05) is 65.8 Å². The van der Waals surface area contributed by atoms with Crippen molar-refractivity contribution >= 4 is 5.91 Å². The normalized spacial score (nSPS) is 16.6. The van der Waals surface area contributed by atoms with Crippen LogP contribution in [0.25, 0.3) is 0 Å². The first kappa shape index (κ1) is 30.5. The van der Waals surface area contributed by atoms with Crippen LogP contribution in [-0.2, 0) is 17.9 Å². The smallest absolute Gasteiger partial charge is 0.227 e. The Morgan fingerprint density at radius 2 is 1.76 bits per heavy atom. The van der Waals surface area contributed by atoms with Gasteiger partial charge >= 0.3 is 0 Å². The number of benzene rings is 2. The van der Waals surface area contributed by atoms with Gasteiger partial charge in [-0.15, -0.1) is 0 Å². The van der Waals surface area contributed by atoms with Gasteiger partial charge in [-0.05, 0) is 42.6 Å². The van der Waals surface area contributed by atoms with E-state index in [1.54, 1.807) is 7.11 Å². The Balaban J connectivity index is 0.00000115. The number of amides is 1. The van der Waals surface area contributed by atoms with Crippen LogP contribution in [0.4, 0.5) is 0 Å². The van der Waals surface area contributed by atoms with E-state index < -0.39 is 0 Å². The molecule has 1 saturated heterocycles. The molecule has 0 radical (unpaired) electrons. The minimum absolute atomic E-state index is 0.0267. The number of nitrogens with zero attached hydrogens (tertiary/aromatic N) is 2. The minimum atomic E-state index is 0.0267. The molecule has 2 heterocycles. The molecule has 0 N–H and O–H groups in total. The fourth-order valence-corrected chi connectivity index (χ4v) is 4.71. The summed E-state index contributed by atoms with van der Waals surface area (Å²) in [5, 5.41) is 0. The number of para-hydroxylation sites is 1. The summed E-state index contributed by atoms with van der Waals surface area (Å²) in [5.41, 5.74) is 2.25. The Labute approximate surface area is 224 Å². The molecule has 4 rings (SSSR count). The van der Waals surface area contributed by atoms with E-state index in [4.69, 9.17) is 14.2 Å². The summed E-state index contributed by atoms with van der Waals surface area (Å²) in [6.07, 6.45) is 1.78. The third-order valence-corrected chi connectivity index (χ3v) is 6.29. The van der Waals surface area contributed by atoms with Gasteiger partial charge in [0, 0.05) is 38.2 Å². The summed E-state index contributed by atoms with van der Waals surface area (Å²) in [6.45, 7) is 17.5. The molecule has 206 valence electrons. The maximum absolute atomic E-state index is 13.6. The first-order chi connectivity index (χ1) is 18.0. The maximum Gasteiger partial charge on any atom is 0.227 e. The standard InChI is InChI=1S/C27H36N2O4.2C2H6/c1-20(2)16-29(17-21-9-10-25-26(15-21)33-14-6-13-32-25)27(30)23-11-12-28(19-23)18-22-7-4-5-8-24(22)31-3;2*1-2/h4-5,7-10,15,20,23H,6,11-14,16-19H2,1-3H3;2*1-2H3. The summed E-state index contributed by atoms with van der Waals surface area (Å²) in [7, 11) is 1.71. The highest BCUT2D eigenvalue weighted by molar-refractivity contribution is 5.79. The van der Waals surface area contributed by atoms with E-state index in [0.29, 0.717) is 25.7 Å². The molecule has 2 aliphatic rings. The molecule has 0 aliphatic carbocycles. The molecular formula is C31H48N2O4. The van der Waals surface area contributed by atoms with Gasteiger partial charge in [-0.3, -0.25) is 9.69 Å². The molecule has 0 spiro atoms. The van der Waals surface area contributed by atoms with Crippen molar-refractivity contribution in [2.75, 3.05) is 40.0 Å². The van der Waals surface area contributed by atoms with Gasteiger partial charge in [0.15, 0.2) is 11.5 Å². The Hall–Kier alpha value is -2.73. The highest BCUT2D eigenvalue weighted by Crippen LogP contribution is 2.31. The van der Waals surface area contributed by atoms with Crippen LogP contribution in [0.3, 0.4) is 0 Å². The Morgan fingerprint density at radius 3 is 2.46 bits per heavy atom. The molecule has 37 heavy (non-hydrogen) atoms. The highest BCUT2D eigenvalue weighted by atomic mass is 16.5. The van der Waals surface area contributed by atoms with Gasteiger partial charge in [0.1, 0.15) is 5.75 Å². The lowest BCUT2D eigenvalue weighted by molar-refractivity contribution is -0.136. The van der Waals surface area contributed by atoms with Crippen molar-refractivity contribution in [1.82, 2.24) is 9.80 Å². The van der Waals surface area contributed by atoms with E-state index in [1.807, 2.05) is 62.9 Å². The molecule has 0 bridgehead atoms. The highest BCUT2D eigenvalue weighted by Gasteiger charge is 2.32. The van der Waals surface area contributed by atoms with Crippen LogP contribution in [0.5, 0.6) is 17.2 Å². The number of ether oxygens (including phenoxy) is 3. The molecule has 2 aliphatic heterocycles. The maximum atomic E-state index is 13.6. The fourth-order valence-electron chi connectivity index (χ4n) is 4.71. The molecule has 1 atom stereocenters. The summed E-state index contributed by atoms with van der Waals surface area (Å²) >= 11 is 0. The first-order valence-corrected chi connectivity index (χ1v) is 14.0. The van der Waals surface area contributed by atoms with Crippen LogP contribution in [0.2, 0.25) is 0 Å². The summed E-state index contributed by atoms with van der Waals surface area (Å²) < 4.78 is 17.1. The molecule has 0 aromatic heterocycles. The summed E-state index contributed by atoms with van der Waals surface area (Å²) in [6, 6.07) is 14.2. The Kier molecular flexibility index (Phi) is 13.3. The number of carbonyl (C=O) groups is 1. The lowest BCUT2D eigenvalue weighted by Gasteiger charge is -2.28. The van der Waals surface area contributed by atoms with Crippen molar-refractivity contribution in [3.8, 4) is 17.2 Å². The van der Waals surface area contributed by atoms with E-state index in [-0.39, 0.29) is 11.8 Å². The van der Waals surface area contributed by atoms with E-state index in [2.05, 4.69) is 30.9 Å². The van der Waals surface area contributed by atoms with Crippen molar-refractivity contribution in [2.45, 2.75) is 67.5 Å². The second-order valence-corrected chi connectivity index (χ2v) is 9.48. The van der Waals surface area contributed by atoms with Gasteiger partial charge in [0.25, 0.3) is 0 Å². The van der Waals surface area contributed by atoms with Gasteiger partial charge < -0.3 is 19.1 Å². The van der Waals surface area contributed by atoms with Crippen molar-refractivity contribution in [1.29, 1.82) is 0 Å². The third kappa shape index (κ3) is 8.96. The van der Waals surface area contributed by atoms with E-state index in [1.165, 1.54) is 5.56 Å². The average Bonchev–Trinajstić information content (AvgIpc) is 3.26. The quantitative estimate of drug-likeness (QED) is 0.409. The van der Waals surface area contributed by atoms with E-state index >= 15 is 0 Å². The largest absolute Gasteiger partial charge is 0.496 e. The molecule has 1 amide bonds. The predicted molar refractivity (Wildman–Crippen MR) is 151 cm³/mol. The lowest BCUT2D eigenvalue weighted by atomic mass is 10.0. The average molecular weight is 513 g/mol. The van der Waals surface area contributed by atoms with Gasteiger partial charge in [-0.2, -0.15) is 0 Å². The SMILES string of the molecule is CC.CC.COc1ccccc1CN1CCC(C(=O)N(Cc2ccc3c(c2)OCCCO3)CC(C)C)C1. The number of carbonyl (C=O) groups excluding carboxylic acids is 1. The van der Waals surface area contributed by atoms with E-state index in [9.17, 15) is 4.79 Å². The number of rotatable bonds is 8. The summed E-state index contributed by atoms with van der Waals surface area (Å²) in [5.74, 6) is 3.16. The molecule has 1 fully saturated rings. The zero-order valence-electron chi connectivity index (χ0n) is 24.1. The molecule has 6 nitrogen and oxygen atoms in total. The Morgan fingerprint density at radius 1 is 1.05 bits per heavy atom. The van der Waals surface area contributed by atoms with Crippen molar-refractivity contribution in [2.24, 2.45) is 11.8 Å². The molecule has 1 unspecified atom stereocenters. The number of fused-ring (bicyclic) bond motifs is 1. The van der Waals surface area contributed by atoms with Crippen molar-refractivity contribution in [3.05, 3.63) is 53.6 Å². The zero-order valence-corrected chi connectivity index (χ0v) is 24.1. The second kappa shape index (κ2) is 16.2. The minimum Gasteiger partial charge on any atom is -0.496 e. The fraction of sp³-hybridized carbons (Fsp3) is 0.581. The topological polar surface area (TPSA) is 51.2 Å². The zero-order chi connectivity index (χ0) is 27.2. The van der Waals surface area contributed by atoms with Crippen LogP contribution in [0, 0.1) is 11.8 Å². The molecule has 6 heteroatoms. The monoisotopic (exact) mass is 512 g/mol. The van der Waals surface area contributed by atoms with Crippen LogP contribution >= 0.6 is 0 Å². The number of hydrogen-bond acceptors (Lipinski definition) is 5. The van der Waals surface area contributed by atoms with Crippen LogP contribution < -0.4 is 14.2 Å².